The Morgan fingerprint density at radius 1 is 1.04 bits per heavy atom. The predicted octanol–water partition coefficient (Wildman–Crippen LogP) is 2.24. The summed E-state index contributed by atoms with van der Waals surface area (Å²) in [5.74, 6) is -0.229. The van der Waals surface area contributed by atoms with E-state index in [1.54, 1.807) is 48.5 Å². The summed E-state index contributed by atoms with van der Waals surface area (Å²) < 4.78 is 2.32. The van der Waals surface area contributed by atoms with Gasteiger partial charge >= 0.3 is 5.69 Å². The largest absolute Gasteiger partial charge is 0.331 e. The third kappa shape index (κ3) is 2.71. The first-order chi connectivity index (χ1) is 11.0. The second-order valence-corrected chi connectivity index (χ2v) is 5.62. The standard InChI is InChI=1S/C17H13ClN2O3/c1-19-16(22)13-4-2-3-5-14(13)20(17(19)23)10-15(21)11-6-8-12(18)9-7-11/h2-9H,10H2,1H3. The van der Waals surface area contributed by atoms with E-state index >= 15 is 0 Å². The SMILES string of the molecule is Cn1c(=O)c2ccccc2n(CC(=O)c2ccc(Cl)cc2)c1=O. The van der Waals surface area contributed by atoms with Crippen molar-refractivity contribution < 1.29 is 4.79 Å². The van der Waals surface area contributed by atoms with E-state index in [2.05, 4.69) is 0 Å². The zero-order valence-electron chi connectivity index (χ0n) is 12.3. The summed E-state index contributed by atoms with van der Waals surface area (Å²) in [5, 5.41) is 0.935. The quantitative estimate of drug-likeness (QED) is 0.693. The fourth-order valence-electron chi connectivity index (χ4n) is 2.46. The Balaban J connectivity index is 2.13. The highest BCUT2D eigenvalue weighted by Gasteiger charge is 2.14. The summed E-state index contributed by atoms with van der Waals surface area (Å²) in [6, 6.07) is 13.2. The smallest absolute Gasteiger partial charge is 0.292 e. The molecule has 23 heavy (non-hydrogen) atoms. The molecule has 3 aromatic rings. The number of carbonyl (C=O) groups is 1. The summed E-state index contributed by atoms with van der Waals surface area (Å²) in [5.41, 5.74) is 0.0129. The van der Waals surface area contributed by atoms with E-state index in [0.717, 1.165) is 4.57 Å². The molecular formula is C17H13ClN2O3. The topological polar surface area (TPSA) is 61.1 Å². The van der Waals surface area contributed by atoms with Crippen LogP contribution in [0.1, 0.15) is 10.4 Å². The van der Waals surface area contributed by atoms with Gasteiger partial charge in [-0.25, -0.2) is 4.79 Å². The number of nitrogens with zero attached hydrogens (tertiary/aromatic N) is 2. The molecule has 0 spiro atoms. The summed E-state index contributed by atoms with van der Waals surface area (Å²) in [6.07, 6.45) is 0. The van der Waals surface area contributed by atoms with E-state index in [0.29, 0.717) is 21.5 Å². The Morgan fingerprint density at radius 3 is 2.39 bits per heavy atom. The van der Waals surface area contributed by atoms with Crippen molar-refractivity contribution in [1.29, 1.82) is 0 Å². The van der Waals surface area contributed by atoms with Gasteiger partial charge in [0.2, 0.25) is 0 Å². The van der Waals surface area contributed by atoms with E-state index in [4.69, 9.17) is 11.6 Å². The monoisotopic (exact) mass is 328 g/mol. The highest BCUT2D eigenvalue weighted by Crippen LogP contribution is 2.12. The van der Waals surface area contributed by atoms with Gasteiger partial charge in [0.1, 0.15) is 0 Å². The van der Waals surface area contributed by atoms with Crippen LogP contribution in [0.3, 0.4) is 0 Å². The Labute approximate surface area is 136 Å². The molecule has 0 bridgehead atoms. The molecular weight excluding hydrogens is 316 g/mol. The average molecular weight is 329 g/mol. The molecule has 0 atom stereocenters. The summed E-state index contributed by atoms with van der Waals surface area (Å²) in [7, 11) is 1.40. The minimum absolute atomic E-state index is 0.144. The Bertz CT molecular complexity index is 1020. The average Bonchev–Trinajstić information content (AvgIpc) is 2.57. The van der Waals surface area contributed by atoms with E-state index in [9.17, 15) is 14.4 Å². The lowest BCUT2D eigenvalue weighted by Crippen LogP contribution is -2.39. The van der Waals surface area contributed by atoms with Crippen LogP contribution in [0.5, 0.6) is 0 Å². The summed E-state index contributed by atoms with van der Waals surface area (Å²) in [4.78, 5) is 36.9. The van der Waals surface area contributed by atoms with Crippen LogP contribution in [0.25, 0.3) is 10.9 Å². The highest BCUT2D eigenvalue weighted by atomic mass is 35.5. The third-order valence-corrected chi connectivity index (χ3v) is 3.97. The van der Waals surface area contributed by atoms with Crippen LogP contribution in [-0.4, -0.2) is 14.9 Å². The number of halogens is 1. The molecule has 0 aliphatic carbocycles. The number of hydrogen-bond acceptors (Lipinski definition) is 3. The second kappa shape index (κ2) is 5.85. The van der Waals surface area contributed by atoms with Gasteiger partial charge in [0, 0.05) is 17.6 Å². The molecule has 0 aliphatic rings. The maximum absolute atomic E-state index is 12.4. The van der Waals surface area contributed by atoms with Gasteiger partial charge in [-0.15, -0.1) is 0 Å². The minimum atomic E-state index is -0.518. The van der Waals surface area contributed by atoms with Crippen LogP contribution in [0.15, 0.2) is 58.1 Å². The lowest BCUT2D eigenvalue weighted by atomic mass is 10.1. The zero-order chi connectivity index (χ0) is 16.6. The van der Waals surface area contributed by atoms with Crippen molar-refractivity contribution in [1.82, 2.24) is 9.13 Å². The predicted molar refractivity (Wildman–Crippen MR) is 89.2 cm³/mol. The highest BCUT2D eigenvalue weighted by molar-refractivity contribution is 6.30. The summed E-state index contributed by atoms with van der Waals surface area (Å²) >= 11 is 5.81. The number of fused-ring (bicyclic) bond motifs is 1. The Kier molecular flexibility index (Phi) is 3.88. The molecule has 0 radical (unpaired) electrons. The zero-order valence-corrected chi connectivity index (χ0v) is 13.1. The number of para-hydroxylation sites is 1. The molecule has 2 aromatic carbocycles. The lowest BCUT2D eigenvalue weighted by Gasteiger charge is -2.11. The molecule has 0 N–H and O–H groups in total. The molecule has 6 heteroatoms. The number of benzene rings is 2. The van der Waals surface area contributed by atoms with Crippen LogP contribution in [-0.2, 0) is 13.6 Å². The summed E-state index contributed by atoms with van der Waals surface area (Å²) in [6.45, 7) is -0.144. The van der Waals surface area contributed by atoms with Gasteiger partial charge < -0.3 is 0 Å². The van der Waals surface area contributed by atoms with Gasteiger partial charge in [-0.05, 0) is 36.4 Å². The molecule has 0 saturated carbocycles. The van der Waals surface area contributed by atoms with Crippen LogP contribution >= 0.6 is 11.6 Å². The Morgan fingerprint density at radius 2 is 1.70 bits per heavy atom. The van der Waals surface area contributed by atoms with E-state index < -0.39 is 5.69 Å². The molecule has 0 unspecified atom stereocenters. The number of ketones is 1. The van der Waals surface area contributed by atoms with Crippen LogP contribution in [0, 0.1) is 0 Å². The number of rotatable bonds is 3. The fourth-order valence-corrected chi connectivity index (χ4v) is 2.59. The molecule has 0 amide bonds. The number of aromatic nitrogens is 2. The molecule has 116 valence electrons. The lowest BCUT2D eigenvalue weighted by molar-refractivity contribution is 0.0971. The minimum Gasteiger partial charge on any atom is -0.292 e. The number of hydrogen-bond donors (Lipinski definition) is 0. The van der Waals surface area contributed by atoms with Crippen molar-refractivity contribution >= 4 is 28.3 Å². The van der Waals surface area contributed by atoms with E-state index in [-0.39, 0.29) is 17.9 Å². The molecule has 0 aliphatic heterocycles. The van der Waals surface area contributed by atoms with Gasteiger partial charge in [-0.1, -0.05) is 23.7 Å². The number of Topliss-reactive ketones (excluding diaryl/α,β-unsaturated/α-hetero) is 1. The normalized spacial score (nSPS) is 10.9. The third-order valence-electron chi connectivity index (χ3n) is 3.72. The van der Waals surface area contributed by atoms with Crippen LogP contribution < -0.4 is 11.2 Å². The number of carbonyl (C=O) groups excluding carboxylic acids is 1. The van der Waals surface area contributed by atoms with Gasteiger partial charge in [-0.3, -0.25) is 18.7 Å². The van der Waals surface area contributed by atoms with E-state index in [1.165, 1.54) is 11.6 Å². The van der Waals surface area contributed by atoms with Crippen molar-refractivity contribution in [2.45, 2.75) is 6.54 Å². The van der Waals surface area contributed by atoms with Crippen molar-refractivity contribution in [2.75, 3.05) is 0 Å². The van der Waals surface area contributed by atoms with Crippen molar-refractivity contribution in [3.8, 4) is 0 Å². The van der Waals surface area contributed by atoms with Gasteiger partial charge in [0.25, 0.3) is 5.56 Å². The van der Waals surface area contributed by atoms with Crippen LogP contribution in [0.2, 0.25) is 5.02 Å². The maximum atomic E-state index is 12.4. The molecule has 0 fully saturated rings. The molecule has 5 nitrogen and oxygen atoms in total. The maximum Gasteiger partial charge on any atom is 0.331 e. The molecule has 1 heterocycles. The second-order valence-electron chi connectivity index (χ2n) is 5.18. The van der Waals surface area contributed by atoms with E-state index in [1.807, 2.05) is 0 Å². The molecule has 3 rings (SSSR count). The molecule has 1 aromatic heterocycles. The fraction of sp³-hybridized carbons (Fsp3) is 0.118. The van der Waals surface area contributed by atoms with Crippen molar-refractivity contribution in [3.05, 3.63) is 80.0 Å². The van der Waals surface area contributed by atoms with Crippen LogP contribution in [0.4, 0.5) is 0 Å². The van der Waals surface area contributed by atoms with Crippen molar-refractivity contribution in [2.24, 2.45) is 7.05 Å². The first-order valence-electron chi connectivity index (χ1n) is 6.96. The van der Waals surface area contributed by atoms with Gasteiger partial charge in [-0.2, -0.15) is 0 Å². The first-order valence-corrected chi connectivity index (χ1v) is 7.34. The van der Waals surface area contributed by atoms with Gasteiger partial charge in [0.05, 0.1) is 17.4 Å². The Hall–Kier alpha value is -2.66. The van der Waals surface area contributed by atoms with Crippen molar-refractivity contribution in [3.63, 3.8) is 0 Å². The first kappa shape index (κ1) is 15.2. The molecule has 0 saturated heterocycles. The van der Waals surface area contributed by atoms with Gasteiger partial charge in [0.15, 0.2) is 5.78 Å².